The minimum Gasteiger partial charge on any atom is -0.289 e. The Morgan fingerprint density at radius 1 is 1.33 bits per heavy atom. The molecule has 0 atom stereocenters. The van der Waals surface area contributed by atoms with E-state index in [0.29, 0.717) is 11.3 Å². The number of non-ortho nitro benzene ring substituents is 1. The molecule has 4 nitrogen and oxygen atoms in total. The number of hydrogen-bond acceptors (Lipinski definition) is 3. The lowest BCUT2D eigenvalue weighted by atomic mass is 10.1. The second-order valence-electron chi connectivity index (χ2n) is 3.36. The summed E-state index contributed by atoms with van der Waals surface area (Å²) in [5.41, 5.74) is 0.556. The second kappa shape index (κ2) is 4.93. The summed E-state index contributed by atoms with van der Waals surface area (Å²) in [4.78, 5) is 21.5. The number of Topliss-reactive ketones (excluding diaryl/α,β-unsaturated/α-hetero) is 1. The lowest BCUT2D eigenvalue weighted by Gasteiger charge is -1.98. The molecule has 0 amide bonds. The van der Waals surface area contributed by atoms with Crippen LogP contribution in [0, 0.1) is 10.1 Å². The average Bonchev–Trinajstić information content (AvgIpc) is 2.17. The third-order valence-corrected chi connectivity index (χ3v) is 2.66. The Morgan fingerprint density at radius 2 is 1.87 bits per heavy atom. The van der Waals surface area contributed by atoms with Crippen LogP contribution in [-0.2, 0) is 10.9 Å². The first-order chi connectivity index (χ1) is 7.00. The number of nitro benzene ring substituents is 1. The van der Waals surface area contributed by atoms with Crippen molar-refractivity contribution >= 4 is 22.4 Å². The summed E-state index contributed by atoms with van der Waals surface area (Å²) < 4.78 is 0. The highest BCUT2D eigenvalue weighted by atomic mass is 32.2. The van der Waals surface area contributed by atoms with Crippen molar-refractivity contribution in [3.8, 4) is 0 Å². The lowest BCUT2D eigenvalue weighted by molar-refractivity contribution is -0.384. The van der Waals surface area contributed by atoms with E-state index in [1.54, 1.807) is 0 Å². The van der Waals surface area contributed by atoms with E-state index in [1.165, 1.54) is 24.3 Å². The summed E-state index contributed by atoms with van der Waals surface area (Å²) >= 11 is 0. The van der Waals surface area contributed by atoms with Gasteiger partial charge in [-0.15, -0.1) is 0 Å². The zero-order valence-corrected chi connectivity index (χ0v) is 9.41. The smallest absolute Gasteiger partial charge is 0.269 e. The van der Waals surface area contributed by atoms with Crippen LogP contribution in [0.1, 0.15) is 10.4 Å². The highest BCUT2D eigenvalue weighted by Crippen LogP contribution is 2.12. The maximum absolute atomic E-state index is 11.6. The molecule has 0 saturated heterocycles. The Kier molecular flexibility index (Phi) is 3.85. The molecule has 0 bridgehead atoms. The van der Waals surface area contributed by atoms with E-state index in [9.17, 15) is 14.9 Å². The Balaban J connectivity index is 2.80. The SMILES string of the molecule is C[S+](C)CC(=O)c1ccc([N+](=O)[O-])cc1. The van der Waals surface area contributed by atoms with Crippen molar-refractivity contribution < 1.29 is 9.72 Å². The van der Waals surface area contributed by atoms with Gasteiger partial charge in [0.05, 0.1) is 17.4 Å². The van der Waals surface area contributed by atoms with E-state index in [1.807, 2.05) is 12.5 Å². The number of nitrogens with zero attached hydrogens (tertiary/aromatic N) is 1. The number of hydrogen-bond donors (Lipinski definition) is 0. The molecule has 0 radical (unpaired) electrons. The quantitative estimate of drug-likeness (QED) is 0.339. The summed E-state index contributed by atoms with van der Waals surface area (Å²) in [6, 6.07) is 5.73. The molecule has 0 aliphatic rings. The zero-order valence-electron chi connectivity index (χ0n) is 8.60. The molecule has 0 aliphatic heterocycles. The van der Waals surface area contributed by atoms with Gasteiger partial charge in [-0.1, -0.05) is 0 Å². The third-order valence-electron chi connectivity index (χ3n) is 1.82. The molecule has 15 heavy (non-hydrogen) atoms. The molecular weight excluding hydrogens is 214 g/mol. The summed E-state index contributed by atoms with van der Waals surface area (Å²) in [5.74, 6) is 0.538. The predicted molar refractivity (Wildman–Crippen MR) is 61.5 cm³/mol. The van der Waals surface area contributed by atoms with Crippen LogP contribution in [0.4, 0.5) is 5.69 Å². The van der Waals surface area contributed by atoms with Gasteiger partial charge in [-0.3, -0.25) is 14.9 Å². The van der Waals surface area contributed by atoms with Crippen molar-refractivity contribution in [1.82, 2.24) is 0 Å². The van der Waals surface area contributed by atoms with Crippen LogP contribution in [0.15, 0.2) is 24.3 Å². The number of nitro groups is 1. The van der Waals surface area contributed by atoms with Gasteiger partial charge in [0.25, 0.3) is 5.69 Å². The maximum atomic E-state index is 11.6. The summed E-state index contributed by atoms with van der Waals surface area (Å²) in [7, 11) is 0.0563. The molecule has 1 aromatic carbocycles. The van der Waals surface area contributed by atoms with Crippen LogP contribution in [0.2, 0.25) is 0 Å². The van der Waals surface area contributed by atoms with Gasteiger partial charge in [-0.2, -0.15) is 0 Å². The number of rotatable bonds is 4. The van der Waals surface area contributed by atoms with Gasteiger partial charge in [0.2, 0.25) is 5.78 Å². The topological polar surface area (TPSA) is 60.2 Å². The van der Waals surface area contributed by atoms with Crippen LogP contribution < -0.4 is 0 Å². The van der Waals surface area contributed by atoms with Crippen molar-refractivity contribution in [1.29, 1.82) is 0 Å². The lowest BCUT2D eigenvalue weighted by Crippen LogP contribution is -2.13. The van der Waals surface area contributed by atoms with Gasteiger partial charge < -0.3 is 0 Å². The van der Waals surface area contributed by atoms with Gasteiger partial charge in [0.1, 0.15) is 0 Å². The molecule has 80 valence electrons. The Labute approximate surface area is 90.8 Å². The van der Waals surface area contributed by atoms with E-state index < -0.39 is 4.92 Å². The Hall–Kier alpha value is -1.36. The molecule has 0 unspecified atom stereocenters. The van der Waals surface area contributed by atoms with Gasteiger partial charge >= 0.3 is 0 Å². The van der Waals surface area contributed by atoms with Crippen LogP contribution >= 0.6 is 0 Å². The van der Waals surface area contributed by atoms with Crippen LogP contribution in [0.25, 0.3) is 0 Å². The Morgan fingerprint density at radius 3 is 2.27 bits per heavy atom. The minimum atomic E-state index is -0.474. The highest BCUT2D eigenvalue weighted by Gasteiger charge is 2.14. The minimum absolute atomic E-state index is 0.0125. The van der Waals surface area contributed by atoms with Crippen molar-refractivity contribution in [2.24, 2.45) is 0 Å². The first-order valence-electron chi connectivity index (χ1n) is 4.32. The fraction of sp³-hybridized carbons (Fsp3) is 0.300. The normalized spacial score (nSPS) is 10.3. The van der Waals surface area contributed by atoms with Gasteiger partial charge in [0.15, 0.2) is 5.75 Å². The summed E-state index contributed by atoms with van der Waals surface area (Å²) in [6.45, 7) is 0. The molecule has 0 spiro atoms. The van der Waals surface area contributed by atoms with Gasteiger partial charge in [-0.05, 0) is 23.0 Å². The Bertz CT molecular complexity index is 373. The number of benzene rings is 1. The standard InChI is InChI=1S/C10H12NO3S/c1-15(2)7-10(12)8-3-5-9(6-4-8)11(13)14/h3-6H,7H2,1-2H3/q+1. The van der Waals surface area contributed by atoms with E-state index in [4.69, 9.17) is 0 Å². The fourth-order valence-corrected chi connectivity index (χ4v) is 1.81. The van der Waals surface area contributed by atoms with Crippen LogP contribution in [0.5, 0.6) is 0 Å². The zero-order chi connectivity index (χ0) is 11.4. The number of ketones is 1. The van der Waals surface area contributed by atoms with Crippen LogP contribution in [-0.4, -0.2) is 29.0 Å². The number of carbonyl (C=O) groups excluding carboxylic acids is 1. The monoisotopic (exact) mass is 226 g/mol. The molecule has 0 fully saturated rings. The molecular formula is C10H12NO3S+. The van der Waals surface area contributed by atoms with Gasteiger partial charge in [-0.25, -0.2) is 0 Å². The molecule has 1 rings (SSSR count). The van der Waals surface area contributed by atoms with Crippen molar-refractivity contribution in [2.45, 2.75) is 0 Å². The third kappa shape index (κ3) is 3.36. The molecule has 0 heterocycles. The largest absolute Gasteiger partial charge is 0.289 e. The highest BCUT2D eigenvalue weighted by molar-refractivity contribution is 7.96. The maximum Gasteiger partial charge on any atom is 0.269 e. The van der Waals surface area contributed by atoms with E-state index in [2.05, 4.69) is 0 Å². The average molecular weight is 226 g/mol. The molecule has 0 aromatic heterocycles. The fourth-order valence-electron chi connectivity index (χ4n) is 1.11. The van der Waals surface area contributed by atoms with E-state index in [0.717, 1.165) is 0 Å². The second-order valence-corrected chi connectivity index (χ2v) is 5.62. The first-order valence-corrected chi connectivity index (χ1v) is 6.53. The first kappa shape index (κ1) is 11.7. The molecule has 0 aliphatic carbocycles. The van der Waals surface area contributed by atoms with Crippen molar-refractivity contribution in [3.63, 3.8) is 0 Å². The van der Waals surface area contributed by atoms with E-state index in [-0.39, 0.29) is 22.4 Å². The molecule has 0 N–H and O–H groups in total. The van der Waals surface area contributed by atoms with E-state index >= 15 is 0 Å². The predicted octanol–water partition coefficient (Wildman–Crippen LogP) is 1.66. The van der Waals surface area contributed by atoms with Crippen molar-refractivity contribution in [3.05, 3.63) is 39.9 Å². The molecule has 0 saturated carbocycles. The van der Waals surface area contributed by atoms with Crippen LogP contribution in [0.3, 0.4) is 0 Å². The molecule has 1 aromatic rings. The summed E-state index contributed by atoms with van der Waals surface area (Å²) in [5, 5.41) is 10.4. The molecule has 5 heteroatoms. The number of carbonyl (C=O) groups is 1. The van der Waals surface area contributed by atoms with Gasteiger partial charge in [0, 0.05) is 17.7 Å². The summed E-state index contributed by atoms with van der Waals surface area (Å²) in [6.07, 6.45) is 3.98. The van der Waals surface area contributed by atoms with Crippen molar-refractivity contribution in [2.75, 3.05) is 18.3 Å².